The normalized spacial score (nSPS) is 21.9. The molecule has 2 aromatic rings. The Labute approximate surface area is 219 Å². The van der Waals surface area contributed by atoms with Crippen molar-refractivity contribution in [2.24, 2.45) is 5.92 Å². The number of hydrogen-bond donors (Lipinski definition) is 1. The second-order valence-electron chi connectivity index (χ2n) is 12.0. The number of nitrogens with one attached hydrogen (secondary N) is 1. The number of sulfonamides is 1. The summed E-state index contributed by atoms with van der Waals surface area (Å²) in [4.78, 5) is 18.1. The Morgan fingerprint density at radius 2 is 1.67 bits per heavy atom. The molecule has 36 heavy (non-hydrogen) atoms. The molecule has 1 amide bonds. The quantitative estimate of drug-likeness (QED) is 0.509. The summed E-state index contributed by atoms with van der Waals surface area (Å²) in [6, 6.07) is 7.30. The number of carbonyl (C=O) groups is 1. The molecule has 5 rings (SSSR count). The van der Waals surface area contributed by atoms with Crippen LogP contribution in [0.15, 0.2) is 34.5 Å². The Kier molecular flexibility index (Phi) is 7.07. The second-order valence-corrected chi connectivity index (χ2v) is 14.8. The molecule has 6 nitrogen and oxygen atoms in total. The van der Waals surface area contributed by atoms with Crippen LogP contribution in [-0.2, 0) is 15.4 Å². The van der Waals surface area contributed by atoms with Crippen LogP contribution in [0.1, 0.15) is 106 Å². The van der Waals surface area contributed by atoms with E-state index in [0.29, 0.717) is 29.6 Å². The van der Waals surface area contributed by atoms with Crippen LogP contribution in [0.25, 0.3) is 0 Å². The minimum atomic E-state index is -3.51. The molecule has 8 heteroatoms. The molecule has 3 fully saturated rings. The van der Waals surface area contributed by atoms with Crippen molar-refractivity contribution in [3.63, 3.8) is 0 Å². The van der Waals surface area contributed by atoms with Gasteiger partial charge in [0, 0.05) is 29.9 Å². The number of nitrogens with zero attached hydrogens (tertiary/aromatic N) is 2. The molecule has 0 spiro atoms. The molecule has 2 aliphatic carbocycles. The van der Waals surface area contributed by atoms with Crippen molar-refractivity contribution in [3.8, 4) is 0 Å². The predicted molar refractivity (Wildman–Crippen MR) is 144 cm³/mol. The SMILES string of the molecule is CC(C)(C)c1ccc(S(=O)(=O)N2CCC(c3nc(C(=O)NC4(C5CCCCC5)CC4)cs3)CC2)cc1. The molecule has 1 saturated heterocycles. The fourth-order valence-electron chi connectivity index (χ4n) is 5.91. The number of rotatable bonds is 6. The van der Waals surface area contributed by atoms with Crippen LogP contribution in [-0.4, -0.2) is 42.2 Å². The van der Waals surface area contributed by atoms with E-state index in [9.17, 15) is 13.2 Å². The van der Waals surface area contributed by atoms with E-state index in [1.165, 1.54) is 43.4 Å². The number of carbonyl (C=O) groups excluding carboxylic acids is 1. The molecule has 1 aromatic carbocycles. The van der Waals surface area contributed by atoms with Crippen molar-refractivity contribution in [2.75, 3.05) is 13.1 Å². The summed E-state index contributed by atoms with van der Waals surface area (Å²) >= 11 is 1.54. The summed E-state index contributed by atoms with van der Waals surface area (Å²) in [5.41, 5.74) is 1.63. The molecule has 0 bridgehead atoms. The van der Waals surface area contributed by atoms with Crippen LogP contribution < -0.4 is 5.32 Å². The number of amides is 1. The van der Waals surface area contributed by atoms with Crippen LogP contribution in [0.3, 0.4) is 0 Å². The van der Waals surface area contributed by atoms with Crippen LogP contribution in [0, 0.1) is 5.92 Å². The van der Waals surface area contributed by atoms with Gasteiger partial charge in [-0.3, -0.25) is 4.79 Å². The summed E-state index contributed by atoms with van der Waals surface area (Å²) in [5, 5.41) is 6.18. The van der Waals surface area contributed by atoms with Gasteiger partial charge in [0.2, 0.25) is 10.0 Å². The lowest BCUT2D eigenvalue weighted by molar-refractivity contribution is 0.0897. The van der Waals surface area contributed by atoms with Crippen molar-refractivity contribution < 1.29 is 13.2 Å². The first-order valence-electron chi connectivity index (χ1n) is 13.5. The first-order chi connectivity index (χ1) is 17.1. The summed E-state index contributed by atoms with van der Waals surface area (Å²) in [6.07, 6.45) is 9.95. The Morgan fingerprint density at radius 3 is 2.25 bits per heavy atom. The van der Waals surface area contributed by atoms with Gasteiger partial charge >= 0.3 is 0 Å². The fourth-order valence-corrected chi connectivity index (χ4v) is 8.35. The highest BCUT2D eigenvalue weighted by Gasteiger charge is 2.50. The lowest BCUT2D eigenvalue weighted by atomic mass is 9.82. The molecule has 1 aromatic heterocycles. The summed E-state index contributed by atoms with van der Waals surface area (Å²) in [5.74, 6) is 0.767. The first kappa shape index (κ1) is 25.9. The van der Waals surface area contributed by atoms with Crippen LogP contribution in [0.4, 0.5) is 0 Å². The largest absolute Gasteiger partial charge is 0.345 e. The number of aromatic nitrogens is 1. The van der Waals surface area contributed by atoms with Crippen molar-refractivity contribution in [3.05, 3.63) is 45.9 Å². The lowest BCUT2D eigenvalue weighted by Crippen LogP contribution is -2.43. The molecule has 3 aliphatic rings. The van der Waals surface area contributed by atoms with Gasteiger partial charge in [0.15, 0.2) is 0 Å². The molecule has 0 radical (unpaired) electrons. The molecule has 1 aliphatic heterocycles. The summed E-state index contributed by atoms with van der Waals surface area (Å²) in [6.45, 7) is 7.31. The number of piperidine rings is 1. The van der Waals surface area contributed by atoms with Gasteiger partial charge in [-0.2, -0.15) is 4.31 Å². The predicted octanol–water partition coefficient (Wildman–Crippen LogP) is 5.85. The zero-order valence-corrected chi connectivity index (χ0v) is 23.4. The molecule has 196 valence electrons. The van der Waals surface area contributed by atoms with Gasteiger partial charge in [0.1, 0.15) is 5.69 Å². The minimum Gasteiger partial charge on any atom is -0.345 e. The standard InChI is InChI=1S/C28H39N3O3S2/c1-27(2,3)21-9-11-23(12-10-21)36(33,34)31-17-13-20(14-18-31)26-29-24(19-35-26)25(32)30-28(15-16-28)22-7-5-4-6-8-22/h9-12,19-20,22H,4-8,13-18H2,1-3H3,(H,30,32). The van der Waals surface area contributed by atoms with Crippen molar-refractivity contribution in [1.82, 2.24) is 14.6 Å². The van der Waals surface area contributed by atoms with Gasteiger partial charge in [0.05, 0.1) is 9.90 Å². The average Bonchev–Trinajstić information content (AvgIpc) is 3.48. The van der Waals surface area contributed by atoms with Crippen LogP contribution in [0.5, 0.6) is 0 Å². The van der Waals surface area contributed by atoms with Gasteiger partial charge in [-0.15, -0.1) is 11.3 Å². The van der Waals surface area contributed by atoms with Gasteiger partial charge in [-0.1, -0.05) is 52.2 Å². The highest BCUT2D eigenvalue weighted by Crippen LogP contribution is 2.48. The Balaban J connectivity index is 1.18. The van der Waals surface area contributed by atoms with Crippen LogP contribution >= 0.6 is 11.3 Å². The van der Waals surface area contributed by atoms with E-state index >= 15 is 0 Å². The van der Waals surface area contributed by atoms with Gasteiger partial charge < -0.3 is 5.32 Å². The van der Waals surface area contributed by atoms with E-state index in [-0.39, 0.29) is 22.8 Å². The summed E-state index contributed by atoms with van der Waals surface area (Å²) in [7, 11) is -3.51. The smallest absolute Gasteiger partial charge is 0.271 e. The van der Waals surface area contributed by atoms with E-state index in [0.717, 1.165) is 36.3 Å². The number of thiazole rings is 1. The molecular weight excluding hydrogens is 490 g/mol. The Morgan fingerprint density at radius 1 is 1.03 bits per heavy atom. The first-order valence-corrected chi connectivity index (χ1v) is 15.8. The highest BCUT2D eigenvalue weighted by atomic mass is 32.2. The van der Waals surface area contributed by atoms with E-state index in [2.05, 4.69) is 26.1 Å². The van der Waals surface area contributed by atoms with E-state index in [4.69, 9.17) is 4.98 Å². The highest BCUT2D eigenvalue weighted by molar-refractivity contribution is 7.89. The molecule has 2 saturated carbocycles. The lowest BCUT2D eigenvalue weighted by Gasteiger charge is -2.31. The van der Waals surface area contributed by atoms with Gasteiger partial charge in [0.25, 0.3) is 5.91 Å². The molecular formula is C28H39N3O3S2. The van der Waals surface area contributed by atoms with Crippen molar-refractivity contribution >= 4 is 27.3 Å². The maximum Gasteiger partial charge on any atom is 0.271 e. The van der Waals surface area contributed by atoms with Gasteiger partial charge in [-0.25, -0.2) is 13.4 Å². The van der Waals surface area contributed by atoms with Gasteiger partial charge in [-0.05, 0) is 67.6 Å². The minimum absolute atomic E-state index is 0.00602. The third-order valence-corrected chi connectivity index (χ3v) is 11.4. The Hall–Kier alpha value is -1.77. The third-order valence-electron chi connectivity index (χ3n) is 8.45. The van der Waals surface area contributed by atoms with E-state index < -0.39 is 10.0 Å². The fraction of sp³-hybridized carbons (Fsp3) is 0.643. The molecule has 2 heterocycles. The zero-order valence-electron chi connectivity index (χ0n) is 21.8. The maximum absolute atomic E-state index is 13.2. The number of hydrogen-bond acceptors (Lipinski definition) is 5. The number of benzene rings is 1. The monoisotopic (exact) mass is 529 g/mol. The zero-order chi connectivity index (χ0) is 25.6. The molecule has 1 N–H and O–H groups in total. The van der Waals surface area contributed by atoms with Crippen molar-refractivity contribution in [1.29, 1.82) is 0 Å². The van der Waals surface area contributed by atoms with E-state index in [1.807, 2.05) is 17.5 Å². The Bertz CT molecular complexity index is 1180. The topological polar surface area (TPSA) is 79.4 Å². The second kappa shape index (κ2) is 9.84. The summed E-state index contributed by atoms with van der Waals surface area (Å²) < 4.78 is 28.0. The van der Waals surface area contributed by atoms with Crippen molar-refractivity contribution in [2.45, 2.75) is 100 Å². The average molecular weight is 530 g/mol. The molecule has 0 atom stereocenters. The van der Waals surface area contributed by atoms with E-state index in [1.54, 1.807) is 16.4 Å². The maximum atomic E-state index is 13.2. The van der Waals surface area contributed by atoms with Crippen LogP contribution in [0.2, 0.25) is 0 Å². The molecule has 0 unspecified atom stereocenters. The third kappa shape index (κ3) is 5.27.